The molecule has 0 spiro atoms. The van der Waals surface area contributed by atoms with E-state index in [4.69, 9.17) is 4.42 Å². The van der Waals surface area contributed by atoms with Gasteiger partial charge in [-0.05, 0) is 58.0 Å². The second-order valence-electron chi connectivity index (χ2n) is 6.37. The number of hydrogen-bond donors (Lipinski definition) is 2. The number of aromatic nitrogens is 2. The van der Waals surface area contributed by atoms with Gasteiger partial charge < -0.3 is 9.73 Å². The Morgan fingerprint density at radius 2 is 2.22 bits per heavy atom. The van der Waals surface area contributed by atoms with E-state index in [2.05, 4.69) is 20.4 Å². The Morgan fingerprint density at radius 3 is 2.91 bits per heavy atom. The van der Waals surface area contributed by atoms with Gasteiger partial charge >= 0.3 is 0 Å². The SMILES string of the molecule is Cc1cc(CC(C)NC(=O)c2ccc(CN3CCCC3)o2)n[nH]1. The number of aryl methyl sites for hydroxylation is 1. The van der Waals surface area contributed by atoms with E-state index in [0.717, 1.165) is 36.8 Å². The molecule has 6 nitrogen and oxygen atoms in total. The Kier molecular flexibility index (Phi) is 4.81. The second-order valence-corrected chi connectivity index (χ2v) is 6.37. The standard InChI is InChI=1S/C17H24N4O2/c1-12(9-14-10-13(2)19-20-14)18-17(22)16-6-5-15(23-16)11-21-7-3-4-8-21/h5-6,10,12H,3-4,7-9,11H2,1-2H3,(H,18,22)(H,19,20). The van der Waals surface area contributed by atoms with Gasteiger partial charge in [0, 0.05) is 18.2 Å². The van der Waals surface area contributed by atoms with E-state index < -0.39 is 0 Å². The van der Waals surface area contributed by atoms with Crippen molar-refractivity contribution in [3.63, 3.8) is 0 Å². The van der Waals surface area contributed by atoms with Crippen LogP contribution < -0.4 is 5.32 Å². The summed E-state index contributed by atoms with van der Waals surface area (Å²) in [5.74, 6) is 1.06. The fourth-order valence-corrected chi connectivity index (χ4v) is 2.98. The van der Waals surface area contributed by atoms with Gasteiger partial charge in [-0.25, -0.2) is 0 Å². The quantitative estimate of drug-likeness (QED) is 0.857. The molecule has 0 aliphatic carbocycles. The van der Waals surface area contributed by atoms with Crippen LogP contribution in [0.4, 0.5) is 0 Å². The molecule has 1 amide bonds. The average Bonchev–Trinajstić information content (AvgIpc) is 3.22. The third kappa shape index (κ3) is 4.22. The first-order chi connectivity index (χ1) is 11.1. The van der Waals surface area contributed by atoms with E-state index >= 15 is 0 Å². The fraction of sp³-hybridized carbons (Fsp3) is 0.529. The summed E-state index contributed by atoms with van der Waals surface area (Å²) in [5.41, 5.74) is 1.97. The topological polar surface area (TPSA) is 74.2 Å². The Labute approximate surface area is 136 Å². The summed E-state index contributed by atoms with van der Waals surface area (Å²) in [4.78, 5) is 14.6. The van der Waals surface area contributed by atoms with Crippen molar-refractivity contribution in [2.24, 2.45) is 0 Å². The molecule has 2 N–H and O–H groups in total. The van der Waals surface area contributed by atoms with Crippen LogP contribution >= 0.6 is 0 Å². The van der Waals surface area contributed by atoms with Crippen molar-refractivity contribution in [1.29, 1.82) is 0 Å². The van der Waals surface area contributed by atoms with Crippen LogP contribution in [0.2, 0.25) is 0 Å². The summed E-state index contributed by atoms with van der Waals surface area (Å²) < 4.78 is 5.69. The van der Waals surface area contributed by atoms with Crippen molar-refractivity contribution in [2.45, 2.75) is 45.7 Å². The summed E-state index contributed by atoms with van der Waals surface area (Å²) in [5, 5.41) is 10.1. The smallest absolute Gasteiger partial charge is 0.287 e. The lowest BCUT2D eigenvalue weighted by molar-refractivity contribution is 0.0908. The van der Waals surface area contributed by atoms with E-state index in [0.29, 0.717) is 12.2 Å². The second kappa shape index (κ2) is 7.00. The Hall–Kier alpha value is -2.08. The minimum atomic E-state index is -0.169. The van der Waals surface area contributed by atoms with Gasteiger partial charge in [-0.2, -0.15) is 5.10 Å². The molecule has 2 aromatic rings. The van der Waals surface area contributed by atoms with Crippen molar-refractivity contribution >= 4 is 5.91 Å². The highest BCUT2D eigenvalue weighted by Crippen LogP contribution is 2.15. The fourth-order valence-electron chi connectivity index (χ4n) is 2.98. The first-order valence-electron chi connectivity index (χ1n) is 8.23. The van der Waals surface area contributed by atoms with Gasteiger partial charge in [0.15, 0.2) is 5.76 Å². The first-order valence-corrected chi connectivity index (χ1v) is 8.23. The van der Waals surface area contributed by atoms with Crippen LogP contribution in [0, 0.1) is 6.92 Å². The molecule has 0 bridgehead atoms. The maximum atomic E-state index is 12.3. The number of hydrogen-bond acceptors (Lipinski definition) is 4. The molecule has 0 radical (unpaired) electrons. The number of furan rings is 1. The van der Waals surface area contributed by atoms with Crippen LogP contribution in [0.3, 0.4) is 0 Å². The Morgan fingerprint density at radius 1 is 1.43 bits per heavy atom. The number of aromatic amines is 1. The summed E-state index contributed by atoms with van der Waals surface area (Å²) in [6.45, 7) is 6.95. The van der Waals surface area contributed by atoms with Gasteiger partial charge in [0.25, 0.3) is 5.91 Å². The lowest BCUT2D eigenvalue weighted by atomic mass is 10.1. The zero-order chi connectivity index (χ0) is 16.2. The van der Waals surface area contributed by atoms with Crippen LogP contribution in [0.1, 0.15) is 47.5 Å². The molecule has 1 saturated heterocycles. The average molecular weight is 316 g/mol. The molecular weight excluding hydrogens is 292 g/mol. The molecule has 23 heavy (non-hydrogen) atoms. The summed E-state index contributed by atoms with van der Waals surface area (Å²) >= 11 is 0. The number of carbonyl (C=O) groups is 1. The van der Waals surface area contributed by atoms with Crippen LogP contribution in [-0.4, -0.2) is 40.1 Å². The van der Waals surface area contributed by atoms with E-state index in [1.54, 1.807) is 6.07 Å². The summed E-state index contributed by atoms with van der Waals surface area (Å²) in [6.07, 6.45) is 3.19. The van der Waals surface area contributed by atoms with Crippen LogP contribution in [-0.2, 0) is 13.0 Å². The first kappa shape index (κ1) is 15.8. The minimum absolute atomic E-state index is 0.00247. The molecule has 3 rings (SSSR count). The highest BCUT2D eigenvalue weighted by Gasteiger charge is 2.17. The Bertz CT molecular complexity index is 655. The van der Waals surface area contributed by atoms with E-state index in [1.165, 1.54) is 12.8 Å². The third-order valence-electron chi connectivity index (χ3n) is 4.12. The van der Waals surface area contributed by atoms with Gasteiger partial charge in [0.05, 0.1) is 12.2 Å². The monoisotopic (exact) mass is 316 g/mol. The molecule has 1 aliphatic rings. The van der Waals surface area contributed by atoms with Crippen molar-refractivity contribution in [3.05, 3.63) is 41.1 Å². The number of amides is 1. The molecule has 0 saturated carbocycles. The molecule has 0 aromatic carbocycles. The summed E-state index contributed by atoms with van der Waals surface area (Å²) in [6, 6.07) is 5.64. The number of likely N-dealkylation sites (tertiary alicyclic amines) is 1. The van der Waals surface area contributed by atoms with E-state index in [1.807, 2.05) is 26.0 Å². The Balaban J connectivity index is 1.52. The van der Waals surface area contributed by atoms with Crippen molar-refractivity contribution < 1.29 is 9.21 Å². The maximum absolute atomic E-state index is 12.3. The zero-order valence-corrected chi connectivity index (χ0v) is 13.8. The molecular formula is C17H24N4O2. The molecule has 1 atom stereocenters. The van der Waals surface area contributed by atoms with E-state index in [-0.39, 0.29) is 11.9 Å². The molecule has 3 heterocycles. The molecule has 1 aliphatic heterocycles. The van der Waals surface area contributed by atoms with E-state index in [9.17, 15) is 4.79 Å². The largest absolute Gasteiger partial charge is 0.455 e. The van der Waals surface area contributed by atoms with Gasteiger partial charge in [0.2, 0.25) is 0 Å². The summed E-state index contributed by atoms with van der Waals surface area (Å²) in [7, 11) is 0. The molecule has 1 unspecified atom stereocenters. The van der Waals surface area contributed by atoms with Crippen molar-refractivity contribution in [3.8, 4) is 0 Å². The predicted molar refractivity (Wildman–Crippen MR) is 87.2 cm³/mol. The highest BCUT2D eigenvalue weighted by atomic mass is 16.4. The predicted octanol–water partition coefficient (Wildman–Crippen LogP) is 2.27. The zero-order valence-electron chi connectivity index (χ0n) is 13.8. The van der Waals surface area contributed by atoms with Crippen LogP contribution in [0.5, 0.6) is 0 Å². The molecule has 1 fully saturated rings. The highest BCUT2D eigenvalue weighted by molar-refractivity contribution is 5.91. The van der Waals surface area contributed by atoms with Crippen molar-refractivity contribution in [2.75, 3.05) is 13.1 Å². The van der Waals surface area contributed by atoms with Crippen molar-refractivity contribution in [1.82, 2.24) is 20.4 Å². The van der Waals surface area contributed by atoms with Gasteiger partial charge in [-0.15, -0.1) is 0 Å². The number of carbonyl (C=O) groups excluding carboxylic acids is 1. The van der Waals surface area contributed by atoms with Gasteiger partial charge in [-0.3, -0.25) is 14.8 Å². The maximum Gasteiger partial charge on any atom is 0.287 e. The normalized spacial score (nSPS) is 16.6. The minimum Gasteiger partial charge on any atom is -0.455 e. The number of nitrogens with one attached hydrogen (secondary N) is 2. The number of H-pyrrole nitrogens is 1. The van der Waals surface area contributed by atoms with Gasteiger partial charge in [0.1, 0.15) is 5.76 Å². The molecule has 6 heteroatoms. The lowest BCUT2D eigenvalue weighted by Crippen LogP contribution is -2.34. The molecule has 124 valence electrons. The third-order valence-corrected chi connectivity index (χ3v) is 4.12. The van der Waals surface area contributed by atoms with Crippen LogP contribution in [0.15, 0.2) is 22.6 Å². The number of nitrogens with zero attached hydrogens (tertiary/aromatic N) is 2. The van der Waals surface area contributed by atoms with Gasteiger partial charge in [-0.1, -0.05) is 0 Å². The van der Waals surface area contributed by atoms with Crippen LogP contribution in [0.25, 0.3) is 0 Å². The lowest BCUT2D eigenvalue weighted by Gasteiger charge is -2.12. The molecule has 2 aromatic heterocycles. The number of rotatable bonds is 6.